The SMILES string of the molecule is C/C(=N/NC(=O)COc1ccccc1C#N)c1ccc(Cl)s1. The summed E-state index contributed by atoms with van der Waals surface area (Å²) in [5.41, 5.74) is 3.44. The number of hydrazone groups is 1. The van der Waals surface area contributed by atoms with Crippen molar-refractivity contribution in [2.75, 3.05) is 6.61 Å². The van der Waals surface area contributed by atoms with Crippen LogP contribution < -0.4 is 10.2 Å². The van der Waals surface area contributed by atoms with Crippen molar-refractivity contribution < 1.29 is 9.53 Å². The van der Waals surface area contributed by atoms with Gasteiger partial charge in [0.15, 0.2) is 6.61 Å². The first kappa shape index (κ1) is 16.0. The molecular weight excluding hydrogens is 322 g/mol. The third-order valence-electron chi connectivity index (χ3n) is 2.64. The van der Waals surface area contributed by atoms with Gasteiger partial charge in [0.2, 0.25) is 0 Å². The van der Waals surface area contributed by atoms with E-state index in [1.54, 1.807) is 37.3 Å². The first-order valence-electron chi connectivity index (χ1n) is 6.31. The van der Waals surface area contributed by atoms with Crippen LogP contribution in [0.2, 0.25) is 4.34 Å². The number of hydrogen-bond acceptors (Lipinski definition) is 5. The van der Waals surface area contributed by atoms with Crippen LogP contribution in [-0.2, 0) is 4.79 Å². The molecule has 0 aliphatic heterocycles. The van der Waals surface area contributed by atoms with Crippen molar-refractivity contribution in [3.63, 3.8) is 0 Å². The number of halogens is 1. The minimum Gasteiger partial charge on any atom is -0.482 e. The predicted molar refractivity (Wildman–Crippen MR) is 86.3 cm³/mol. The van der Waals surface area contributed by atoms with Gasteiger partial charge >= 0.3 is 0 Å². The molecule has 2 aromatic rings. The number of nitriles is 1. The molecule has 0 unspecified atom stereocenters. The van der Waals surface area contributed by atoms with Crippen LogP contribution in [0.25, 0.3) is 0 Å². The summed E-state index contributed by atoms with van der Waals surface area (Å²) in [5.74, 6) is -0.0411. The van der Waals surface area contributed by atoms with Crippen LogP contribution in [-0.4, -0.2) is 18.2 Å². The zero-order valence-electron chi connectivity index (χ0n) is 11.7. The molecule has 1 heterocycles. The molecule has 1 aromatic carbocycles. The number of para-hydroxylation sites is 1. The summed E-state index contributed by atoms with van der Waals surface area (Å²) in [6.45, 7) is 1.55. The molecule has 1 aromatic heterocycles. The van der Waals surface area contributed by atoms with Gasteiger partial charge in [-0.05, 0) is 31.2 Å². The topological polar surface area (TPSA) is 74.5 Å². The molecule has 2 rings (SSSR count). The fraction of sp³-hybridized carbons (Fsp3) is 0.133. The molecule has 0 radical (unpaired) electrons. The molecule has 0 spiro atoms. The molecule has 1 amide bonds. The molecule has 0 aliphatic rings. The maximum atomic E-state index is 11.7. The third kappa shape index (κ3) is 4.32. The normalized spacial score (nSPS) is 10.9. The molecule has 112 valence electrons. The monoisotopic (exact) mass is 333 g/mol. The molecule has 0 atom stereocenters. The number of ether oxygens (including phenoxy) is 1. The molecule has 22 heavy (non-hydrogen) atoms. The fourth-order valence-corrected chi connectivity index (χ4v) is 2.56. The van der Waals surface area contributed by atoms with Gasteiger partial charge in [0.05, 0.1) is 20.5 Å². The second-order valence-corrected chi connectivity index (χ2v) is 5.95. The number of carbonyl (C=O) groups excluding carboxylic acids is 1. The van der Waals surface area contributed by atoms with Crippen LogP contribution in [0.1, 0.15) is 17.4 Å². The van der Waals surface area contributed by atoms with Crippen molar-refractivity contribution in [3.05, 3.63) is 51.2 Å². The minimum atomic E-state index is -0.408. The van der Waals surface area contributed by atoms with Crippen LogP contribution in [0.3, 0.4) is 0 Å². The number of carbonyl (C=O) groups is 1. The fourth-order valence-electron chi connectivity index (χ4n) is 1.57. The standard InChI is InChI=1S/C15H12ClN3O2S/c1-10(13-6-7-14(16)22-13)18-19-15(20)9-21-12-5-3-2-4-11(12)8-17/h2-7H,9H2,1H3,(H,19,20)/b18-10-. The van der Waals surface area contributed by atoms with Crippen molar-refractivity contribution in [1.82, 2.24) is 5.43 Å². The van der Waals surface area contributed by atoms with E-state index < -0.39 is 5.91 Å². The molecule has 0 aliphatic carbocycles. The number of hydrogen-bond donors (Lipinski definition) is 1. The Labute approximate surface area is 136 Å². The molecule has 0 fully saturated rings. The maximum absolute atomic E-state index is 11.7. The summed E-state index contributed by atoms with van der Waals surface area (Å²) in [5, 5.41) is 12.9. The van der Waals surface area contributed by atoms with Gasteiger partial charge in [0, 0.05) is 0 Å². The molecule has 0 saturated heterocycles. The lowest BCUT2D eigenvalue weighted by molar-refractivity contribution is -0.123. The van der Waals surface area contributed by atoms with Gasteiger partial charge in [0.1, 0.15) is 11.8 Å². The molecule has 5 nitrogen and oxygen atoms in total. The molecule has 7 heteroatoms. The highest BCUT2D eigenvalue weighted by molar-refractivity contribution is 7.18. The van der Waals surface area contributed by atoms with E-state index >= 15 is 0 Å². The van der Waals surface area contributed by atoms with E-state index in [9.17, 15) is 4.79 Å². The Morgan fingerprint density at radius 3 is 2.86 bits per heavy atom. The van der Waals surface area contributed by atoms with E-state index in [0.717, 1.165) is 4.88 Å². The van der Waals surface area contributed by atoms with Crippen molar-refractivity contribution in [2.45, 2.75) is 6.92 Å². The quantitative estimate of drug-likeness (QED) is 0.674. The summed E-state index contributed by atoms with van der Waals surface area (Å²) in [4.78, 5) is 12.6. The number of nitrogens with zero attached hydrogens (tertiary/aromatic N) is 2. The second-order valence-electron chi connectivity index (χ2n) is 4.23. The lowest BCUT2D eigenvalue weighted by Gasteiger charge is -2.06. The van der Waals surface area contributed by atoms with Gasteiger partial charge in [-0.1, -0.05) is 23.7 Å². The number of thiophene rings is 1. The third-order valence-corrected chi connectivity index (χ3v) is 3.98. The van der Waals surface area contributed by atoms with Crippen molar-refractivity contribution >= 4 is 34.6 Å². The Hall–Kier alpha value is -2.36. The Kier molecular flexibility index (Phi) is 5.53. The zero-order valence-corrected chi connectivity index (χ0v) is 13.2. The van der Waals surface area contributed by atoms with E-state index in [0.29, 0.717) is 21.4 Å². The second kappa shape index (κ2) is 7.59. The van der Waals surface area contributed by atoms with E-state index in [2.05, 4.69) is 10.5 Å². The van der Waals surface area contributed by atoms with Crippen molar-refractivity contribution in [1.29, 1.82) is 5.26 Å². The summed E-state index contributed by atoms with van der Waals surface area (Å²) in [6, 6.07) is 12.3. The van der Waals surface area contributed by atoms with E-state index in [-0.39, 0.29) is 6.61 Å². The first-order valence-corrected chi connectivity index (χ1v) is 7.50. The average Bonchev–Trinajstić information content (AvgIpc) is 2.97. The van der Waals surface area contributed by atoms with Gasteiger partial charge in [-0.15, -0.1) is 11.3 Å². The van der Waals surface area contributed by atoms with E-state index in [1.165, 1.54) is 11.3 Å². The highest BCUT2D eigenvalue weighted by Crippen LogP contribution is 2.21. The van der Waals surface area contributed by atoms with Gasteiger partial charge < -0.3 is 4.74 Å². The maximum Gasteiger partial charge on any atom is 0.277 e. The minimum absolute atomic E-state index is 0.222. The summed E-state index contributed by atoms with van der Waals surface area (Å²) < 4.78 is 5.97. The van der Waals surface area contributed by atoms with Crippen molar-refractivity contribution in [3.8, 4) is 11.8 Å². The van der Waals surface area contributed by atoms with Gasteiger partial charge in [-0.25, -0.2) is 5.43 Å². The van der Waals surface area contributed by atoms with Gasteiger partial charge in [0.25, 0.3) is 5.91 Å². The van der Waals surface area contributed by atoms with Crippen LogP contribution in [0.15, 0.2) is 41.5 Å². The Bertz CT molecular complexity index is 749. The largest absolute Gasteiger partial charge is 0.482 e. The van der Waals surface area contributed by atoms with Gasteiger partial charge in [-0.2, -0.15) is 10.4 Å². The van der Waals surface area contributed by atoms with Crippen LogP contribution in [0.4, 0.5) is 0 Å². The Balaban J connectivity index is 1.90. The lowest BCUT2D eigenvalue weighted by atomic mass is 10.2. The lowest BCUT2D eigenvalue weighted by Crippen LogP contribution is -2.25. The number of amides is 1. The van der Waals surface area contributed by atoms with Gasteiger partial charge in [-0.3, -0.25) is 4.79 Å². The van der Waals surface area contributed by atoms with Crippen LogP contribution >= 0.6 is 22.9 Å². The van der Waals surface area contributed by atoms with E-state index in [4.69, 9.17) is 21.6 Å². The molecular formula is C15H12ClN3O2S. The molecule has 0 bridgehead atoms. The number of rotatable bonds is 5. The highest BCUT2D eigenvalue weighted by atomic mass is 35.5. The summed E-state index contributed by atoms with van der Waals surface area (Å²) in [6.07, 6.45) is 0. The predicted octanol–water partition coefficient (Wildman–Crippen LogP) is 3.19. The average molecular weight is 334 g/mol. The van der Waals surface area contributed by atoms with Crippen LogP contribution in [0, 0.1) is 11.3 Å². The zero-order chi connectivity index (χ0) is 15.9. The number of benzene rings is 1. The smallest absolute Gasteiger partial charge is 0.277 e. The number of nitrogens with one attached hydrogen (secondary N) is 1. The van der Waals surface area contributed by atoms with Crippen molar-refractivity contribution in [2.24, 2.45) is 5.10 Å². The van der Waals surface area contributed by atoms with E-state index in [1.807, 2.05) is 12.1 Å². The summed E-state index contributed by atoms with van der Waals surface area (Å²) in [7, 11) is 0. The molecule has 1 N–H and O–H groups in total. The summed E-state index contributed by atoms with van der Waals surface area (Å²) >= 11 is 7.22. The molecule has 0 saturated carbocycles. The Morgan fingerprint density at radius 2 is 2.18 bits per heavy atom. The Morgan fingerprint density at radius 1 is 1.41 bits per heavy atom. The van der Waals surface area contributed by atoms with Crippen LogP contribution in [0.5, 0.6) is 5.75 Å². The highest BCUT2D eigenvalue weighted by Gasteiger charge is 2.06. The first-order chi connectivity index (χ1) is 10.6.